The minimum absolute atomic E-state index is 0.264. The van der Waals surface area contributed by atoms with E-state index < -0.39 is 0 Å². The number of carbonyl (C=O) groups is 1. The van der Waals surface area contributed by atoms with E-state index in [4.69, 9.17) is 18.9 Å². The summed E-state index contributed by atoms with van der Waals surface area (Å²) in [4.78, 5) is 15.1. The van der Waals surface area contributed by atoms with Gasteiger partial charge < -0.3 is 29.2 Å². The molecule has 1 fully saturated rings. The second-order valence-corrected chi connectivity index (χ2v) is 6.83. The molecule has 0 aliphatic carbocycles. The maximum absolute atomic E-state index is 12.8. The average molecular weight is 400 g/mol. The van der Waals surface area contributed by atoms with E-state index in [2.05, 4.69) is 10.2 Å². The molecule has 1 N–H and O–H groups in total. The first kappa shape index (κ1) is 20.8. The monoisotopic (exact) mass is 400 g/mol. The van der Waals surface area contributed by atoms with Crippen LogP contribution in [0.1, 0.15) is 23.2 Å². The number of rotatable bonds is 7. The van der Waals surface area contributed by atoms with Gasteiger partial charge in [-0.2, -0.15) is 0 Å². The van der Waals surface area contributed by atoms with E-state index in [-0.39, 0.29) is 12.0 Å². The number of benzene rings is 2. The van der Waals surface area contributed by atoms with Crippen molar-refractivity contribution in [2.24, 2.45) is 0 Å². The van der Waals surface area contributed by atoms with Gasteiger partial charge in [-0.1, -0.05) is 0 Å². The minimum atomic E-state index is -0.284. The Morgan fingerprint density at radius 2 is 1.69 bits per heavy atom. The number of nitrogens with one attached hydrogen (secondary N) is 1. The third-order valence-electron chi connectivity index (χ3n) is 5.15. The van der Waals surface area contributed by atoms with Crippen LogP contribution >= 0.6 is 0 Å². The SMILES string of the molecule is COc1ccc(C(=O)Nc2ccc(N3CCCC(OC)C3)cc2)c(OC)c1OC. The molecule has 2 aromatic carbocycles. The normalized spacial score (nSPS) is 16.3. The Bertz CT molecular complexity index is 838. The van der Waals surface area contributed by atoms with E-state index in [1.54, 1.807) is 19.2 Å². The highest BCUT2D eigenvalue weighted by Crippen LogP contribution is 2.40. The molecule has 0 spiro atoms. The van der Waals surface area contributed by atoms with Gasteiger partial charge in [0.25, 0.3) is 5.91 Å². The molecule has 0 aromatic heterocycles. The van der Waals surface area contributed by atoms with Crippen LogP contribution in [0.5, 0.6) is 17.2 Å². The summed E-state index contributed by atoms with van der Waals surface area (Å²) in [5.74, 6) is 0.935. The fourth-order valence-corrected chi connectivity index (χ4v) is 3.60. The smallest absolute Gasteiger partial charge is 0.259 e. The Balaban J connectivity index is 1.74. The zero-order valence-corrected chi connectivity index (χ0v) is 17.4. The van der Waals surface area contributed by atoms with Gasteiger partial charge in [0.15, 0.2) is 11.5 Å². The van der Waals surface area contributed by atoms with E-state index in [1.807, 2.05) is 24.3 Å². The van der Waals surface area contributed by atoms with Crippen molar-refractivity contribution >= 4 is 17.3 Å². The Morgan fingerprint density at radius 1 is 0.966 bits per heavy atom. The first-order chi connectivity index (χ1) is 14.1. The van der Waals surface area contributed by atoms with Crippen molar-refractivity contribution in [3.63, 3.8) is 0 Å². The Hall–Kier alpha value is -2.93. The zero-order valence-electron chi connectivity index (χ0n) is 17.4. The van der Waals surface area contributed by atoms with Crippen LogP contribution in [0.2, 0.25) is 0 Å². The van der Waals surface area contributed by atoms with Crippen molar-refractivity contribution in [1.82, 2.24) is 0 Å². The molecule has 0 bridgehead atoms. The van der Waals surface area contributed by atoms with Crippen molar-refractivity contribution in [3.8, 4) is 17.2 Å². The molecular weight excluding hydrogens is 372 g/mol. The summed E-state index contributed by atoms with van der Waals surface area (Å²) >= 11 is 0. The first-order valence-electron chi connectivity index (χ1n) is 9.59. The summed E-state index contributed by atoms with van der Waals surface area (Å²) < 4.78 is 21.5. The predicted molar refractivity (Wildman–Crippen MR) is 113 cm³/mol. The van der Waals surface area contributed by atoms with E-state index in [9.17, 15) is 4.79 Å². The lowest BCUT2D eigenvalue weighted by atomic mass is 10.1. The molecule has 156 valence electrons. The number of anilines is 2. The molecule has 0 radical (unpaired) electrons. The molecule has 3 rings (SSSR count). The number of ether oxygens (including phenoxy) is 4. The van der Waals surface area contributed by atoms with Crippen LogP contribution in [0.3, 0.4) is 0 Å². The zero-order chi connectivity index (χ0) is 20.8. The van der Waals surface area contributed by atoms with Gasteiger partial charge in [0.2, 0.25) is 5.75 Å². The number of piperidine rings is 1. The third-order valence-corrected chi connectivity index (χ3v) is 5.15. The fourth-order valence-electron chi connectivity index (χ4n) is 3.60. The highest BCUT2D eigenvalue weighted by molar-refractivity contribution is 6.07. The van der Waals surface area contributed by atoms with Gasteiger partial charge in [-0.05, 0) is 49.2 Å². The van der Waals surface area contributed by atoms with Crippen LogP contribution in [-0.4, -0.2) is 53.5 Å². The molecule has 2 aromatic rings. The standard InChI is InChI=1S/C22H28N2O5/c1-26-17-6-5-13-24(14-17)16-9-7-15(8-10-16)23-22(25)18-11-12-19(27-2)21(29-4)20(18)28-3/h7-12,17H,5-6,13-14H2,1-4H3,(H,23,25). The van der Waals surface area contributed by atoms with Crippen LogP contribution in [0.4, 0.5) is 11.4 Å². The number of hydrogen-bond donors (Lipinski definition) is 1. The quantitative estimate of drug-likeness (QED) is 0.766. The molecule has 1 heterocycles. The van der Waals surface area contributed by atoms with E-state index in [1.165, 1.54) is 21.3 Å². The molecule has 1 unspecified atom stereocenters. The van der Waals surface area contributed by atoms with Crippen LogP contribution in [0, 0.1) is 0 Å². The lowest BCUT2D eigenvalue weighted by Gasteiger charge is -2.33. The summed E-state index contributed by atoms with van der Waals surface area (Å²) in [7, 11) is 6.30. The molecule has 0 saturated carbocycles. The molecule has 1 amide bonds. The van der Waals surface area contributed by atoms with Crippen LogP contribution in [0.15, 0.2) is 36.4 Å². The Morgan fingerprint density at radius 3 is 2.31 bits per heavy atom. The molecular formula is C22H28N2O5. The second kappa shape index (κ2) is 9.52. The number of carbonyl (C=O) groups excluding carboxylic acids is 1. The van der Waals surface area contributed by atoms with Gasteiger partial charge in [0, 0.05) is 31.6 Å². The molecule has 1 saturated heterocycles. The van der Waals surface area contributed by atoms with Gasteiger partial charge in [0.05, 0.1) is 33.0 Å². The second-order valence-electron chi connectivity index (χ2n) is 6.83. The predicted octanol–water partition coefficient (Wildman–Crippen LogP) is 3.58. The van der Waals surface area contributed by atoms with Gasteiger partial charge in [-0.3, -0.25) is 4.79 Å². The number of nitrogens with zero attached hydrogens (tertiary/aromatic N) is 1. The van der Waals surface area contributed by atoms with Crippen molar-refractivity contribution in [3.05, 3.63) is 42.0 Å². The topological polar surface area (TPSA) is 69.3 Å². The van der Waals surface area contributed by atoms with Gasteiger partial charge >= 0.3 is 0 Å². The molecule has 7 nitrogen and oxygen atoms in total. The van der Waals surface area contributed by atoms with E-state index in [0.717, 1.165) is 31.6 Å². The van der Waals surface area contributed by atoms with Crippen molar-refractivity contribution in [1.29, 1.82) is 0 Å². The Labute approximate surface area is 171 Å². The van der Waals surface area contributed by atoms with Crippen molar-refractivity contribution in [2.45, 2.75) is 18.9 Å². The number of methoxy groups -OCH3 is 4. The lowest BCUT2D eigenvalue weighted by molar-refractivity contribution is 0.0893. The first-order valence-corrected chi connectivity index (χ1v) is 9.59. The molecule has 29 heavy (non-hydrogen) atoms. The fraction of sp³-hybridized carbons (Fsp3) is 0.409. The van der Waals surface area contributed by atoms with Gasteiger partial charge in [0.1, 0.15) is 0 Å². The number of amides is 1. The van der Waals surface area contributed by atoms with Crippen LogP contribution in [-0.2, 0) is 4.74 Å². The van der Waals surface area contributed by atoms with E-state index >= 15 is 0 Å². The summed E-state index contributed by atoms with van der Waals surface area (Å²) in [6.07, 6.45) is 2.46. The molecule has 1 atom stereocenters. The molecule has 7 heteroatoms. The third kappa shape index (κ3) is 4.56. The Kier molecular flexibility index (Phi) is 6.82. The number of hydrogen-bond acceptors (Lipinski definition) is 6. The molecule has 1 aliphatic rings. The average Bonchev–Trinajstić information content (AvgIpc) is 2.78. The summed E-state index contributed by atoms with van der Waals surface area (Å²) in [6.45, 7) is 1.89. The minimum Gasteiger partial charge on any atom is -0.493 e. The van der Waals surface area contributed by atoms with Crippen molar-refractivity contribution in [2.75, 3.05) is 51.7 Å². The van der Waals surface area contributed by atoms with Gasteiger partial charge in [-0.15, -0.1) is 0 Å². The van der Waals surface area contributed by atoms with Crippen molar-refractivity contribution < 1.29 is 23.7 Å². The lowest BCUT2D eigenvalue weighted by Crippen LogP contribution is -2.39. The van der Waals surface area contributed by atoms with Crippen LogP contribution < -0.4 is 24.4 Å². The molecule has 1 aliphatic heterocycles. The highest BCUT2D eigenvalue weighted by Gasteiger charge is 2.22. The largest absolute Gasteiger partial charge is 0.493 e. The van der Waals surface area contributed by atoms with Gasteiger partial charge in [-0.25, -0.2) is 0 Å². The summed E-state index contributed by atoms with van der Waals surface area (Å²) in [5.41, 5.74) is 2.19. The highest BCUT2D eigenvalue weighted by atomic mass is 16.5. The van der Waals surface area contributed by atoms with E-state index in [0.29, 0.717) is 28.5 Å². The van der Waals surface area contributed by atoms with Crippen LogP contribution in [0.25, 0.3) is 0 Å². The maximum Gasteiger partial charge on any atom is 0.259 e. The summed E-state index contributed by atoms with van der Waals surface area (Å²) in [6, 6.07) is 11.2. The summed E-state index contributed by atoms with van der Waals surface area (Å²) in [5, 5.41) is 2.91. The maximum atomic E-state index is 12.8.